The average molecular weight is 244 g/mol. The van der Waals surface area contributed by atoms with Gasteiger partial charge in [0.05, 0.1) is 15.3 Å². The van der Waals surface area contributed by atoms with Crippen LogP contribution in [0.2, 0.25) is 0 Å². The normalized spacial score (nSPS) is 21.1. The molecular formula is C7H5IN2. The first-order valence-corrected chi connectivity index (χ1v) is 4.25. The molecule has 1 aromatic heterocycles. The van der Waals surface area contributed by atoms with Gasteiger partial charge in [0, 0.05) is 12.4 Å². The third-order valence-corrected chi connectivity index (χ3v) is 2.33. The molecular weight excluding hydrogens is 239 g/mol. The smallest absolute Gasteiger partial charge is 0.0905 e. The summed E-state index contributed by atoms with van der Waals surface area (Å²) in [6, 6.07) is 3.89. The van der Waals surface area contributed by atoms with Crippen molar-refractivity contribution in [2.45, 2.75) is 3.92 Å². The lowest BCUT2D eigenvalue weighted by Crippen LogP contribution is -1.86. The van der Waals surface area contributed by atoms with Gasteiger partial charge in [0.2, 0.25) is 0 Å². The minimum Gasteiger partial charge on any atom is -0.258 e. The van der Waals surface area contributed by atoms with Crippen LogP contribution in [0.5, 0.6) is 0 Å². The number of fused-ring (bicyclic) bond motifs is 1. The van der Waals surface area contributed by atoms with E-state index in [0.717, 1.165) is 11.4 Å². The zero-order chi connectivity index (χ0) is 6.97. The van der Waals surface area contributed by atoms with E-state index < -0.39 is 0 Å². The van der Waals surface area contributed by atoms with Crippen molar-refractivity contribution in [3.8, 4) is 0 Å². The Kier molecular flexibility index (Phi) is 1.44. The molecule has 2 heterocycles. The van der Waals surface area contributed by atoms with E-state index in [9.17, 15) is 0 Å². The Labute approximate surface area is 72.5 Å². The summed E-state index contributed by atoms with van der Waals surface area (Å²) in [7, 11) is 0. The molecule has 0 spiro atoms. The largest absolute Gasteiger partial charge is 0.258 e. The van der Waals surface area contributed by atoms with E-state index in [1.54, 1.807) is 6.20 Å². The van der Waals surface area contributed by atoms with E-state index in [4.69, 9.17) is 0 Å². The molecule has 1 aromatic rings. The highest BCUT2D eigenvalue weighted by atomic mass is 127. The van der Waals surface area contributed by atoms with E-state index in [1.807, 2.05) is 18.3 Å². The van der Waals surface area contributed by atoms with Crippen molar-refractivity contribution in [2.24, 2.45) is 4.99 Å². The molecule has 0 radical (unpaired) electrons. The highest BCUT2D eigenvalue weighted by Crippen LogP contribution is 2.33. The van der Waals surface area contributed by atoms with Gasteiger partial charge >= 0.3 is 0 Å². The van der Waals surface area contributed by atoms with Crippen LogP contribution in [-0.2, 0) is 0 Å². The van der Waals surface area contributed by atoms with Gasteiger partial charge in [-0.2, -0.15) is 0 Å². The monoisotopic (exact) mass is 244 g/mol. The van der Waals surface area contributed by atoms with Crippen molar-refractivity contribution >= 4 is 34.5 Å². The number of alkyl halides is 1. The van der Waals surface area contributed by atoms with Gasteiger partial charge in [0.15, 0.2) is 0 Å². The molecule has 50 valence electrons. The second kappa shape index (κ2) is 2.30. The lowest BCUT2D eigenvalue weighted by Gasteiger charge is -1.96. The molecule has 0 aliphatic carbocycles. The maximum atomic E-state index is 4.21. The number of rotatable bonds is 0. The minimum absolute atomic E-state index is 0.369. The predicted molar refractivity (Wildman–Crippen MR) is 49.2 cm³/mol. The molecule has 0 fully saturated rings. The number of halogens is 1. The lowest BCUT2D eigenvalue weighted by molar-refractivity contribution is 1.18. The van der Waals surface area contributed by atoms with E-state index in [0.29, 0.717) is 3.92 Å². The van der Waals surface area contributed by atoms with Gasteiger partial charge in [-0.05, 0) is 12.1 Å². The van der Waals surface area contributed by atoms with Crippen LogP contribution in [0.4, 0.5) is 5.69 Å². The quantitative estimate of drug-likeness (QED) is 0.507. The molecule has 0 bridgehead atoms. The van der Waals surface area contributed by atoms with Crippen LogP contribution in [-0.4, -0.2) is 11.2 Å². The summed E-state index contributed by atoms with van der Waals surface area (Å²) in [5.41, 5.74) is 2.10. The van der Waals surface area contributed by atoms with Crippen LogP contribution in [0.3, 0.4) is 0 Å². The van der Waals surface area contributed by atoms with Crippen LogP contribution in [0, 0.1) is 0 Å². The topological polar surface area (TPSA) is 25.2 Å². The summed E-state index contributed by atoms with van der Waals surface area (Å²) in [5, 5.41) is 0. The maximum absolute atomic E-state index is 4.21. The standard InChI is InChI=1S/C7H5IN2/c8-5-4-10-6-2-1-3-9-7(5)6/h1-5H. The number of aromatic nitrogens is 1. The highest BCUT2D eigenvalue weighted by Gasteiger charge is 2.15. The Balaban J connectivity index is 2.59. The van der Waals surface area contributed by atoms with Crippen molar-refractivity contribution in [3.05, 3.63) is 24.0 Å². The van der Waals surface area contributed by atoms with Crippen molar-refractivity contribution < 1.29 is 0 Å². The second-order valence-corrected chi connectivity index (χ2v) is 3.43. The fourth-order valence-electron chi connectivity index (χ4n) is 0.947. The molecule has 0 saturated carbocycles. The fraction of sp³-hybridized carbons (Fsp3) is 0.143. The molecule has 0 amide bonds. The Bertz CT molecular complexity index is 283. The SMILES string of the molecule is IC1C=Nc2cccnc21. The second-order valence-electron chi connectivity index (χ2n) is 2.09. The first kappa shape index (κ1) is 6.27. The Morgan fingerprint density at radius 2 is 2.40 bits per heavy atom. The number of pyridine rings is 1. The van der Waals surface area contributed by atoms with Crippen molar-refractivity contribution in [2.75, 3.05) is 0 Å². The van der Waals surface area contributed by atoms with Crippen LogP contribution >= 0.6 is 22.6 Å². The van der Waals surface area contributed by atoms with E-state index in [2.05, 4.69) is 32.6 Å². The zero-order valence-corrected chi connectivity index (χ0v) is 7.32. The third-order valence-electron chi connectivity index (χ3n) is 1.42. The molecule has 1 atom stereocenters. The highest BCUT2D eigenvalue weighted by molar-refractivity contribution is 14.1. The molecule has 1 aliphatic rings. The van der Waals surface area contributed by atoms with E-state index in [-0.39, 0.29) is 0 Å². The number of hydrogen-bond donors (Lipinski definition) is 0. The van der Waals surface area contributed by atoms with Gasteiger partial charge in [0.25, 0.3) is 0 Å². The summed E-state index contributed by atoms with van der Waals surface area (Å²) >= 11 is 2.31. The summed E-state index contributed by atoms with van der Waals surface area (Å²) in [6.45, 7) is 0. The molecule has 0 N–H and O–H groups in total. The van der Waals surface area contributed by atoms with Crippen LogP contribution < -0.4 is 0 Å². The predicted octanol–water partition coefficient (Wildman–Crippen LogP) is 2.27. The molecule has 3 heteroatoms. The zero-order valence-electron chi connectivity index (χ0n) is 5.16. The average Bonchev–Trinajstić information content (AvgIpc) is 2.34. The Hall–Kier alpha value is -0.450. The first-order chi connectivity index (χ1) is 4.88. The fourth-order valence-corrected chi connectivity index (χ4v) is 1.59. The lowest BCUT2D eigenvalue weighted by atomic mass is 10.3. The molecule has 2 nitrogen and oxygen atoms in total. The summed E-state index contributed by atoms with van der Waals surface area (Å²) in [6.07, 6.45) is 3.72. The number of hydrogen-bond acceptors (Lipinski definition) is 2. The molecule has 10 heavy (non-hydrogen) atoms. The van der Waals surface area contributed by atoms with Crippen LogP contribution in [0.15, 0.2) is 23.3 Å². The number of nitrogens with zero attached hydrogens (tertiary/aromatic N) is 2. The van der Waals surface area contributed by atoms with Crippen LogP contribution in [0.25, 0.3) is 0 Å². The van der Waals surface area contributed by atoms with E-state index >= 15 is 0 Å². The first-order valence-electron chi connectivity index (χ1n) is 3.01. The Morgan fingerprint density at radius 1 is 1.50 bits per heavy atom. The van der Waals surface area contributed by atoms with Gasteiger partial charge in [-0.3, -0.25) is 9.98 Å². The molecule has 1 aliphatic heterocycles. The van der Waals surface area contributed by atoms with Crippen molar-refractivity contribution in [1.82, 2.24) is 4.98 Å². The Morgan fingerprint density at radius 3 is 3.20 bits per heavy atom. The molecule has 0 saturated heterocycles. The van der Waals surface area contributed by atoms with Crippen LogP contribution in [0.1, 0.15) is 9.62 Å². The van der Waals surface area contributed by atoms with Gasteiger partial charge in [0.1, 0.15) is 0 Å². The molecule has 1 unspecified atom stereocenters. The summed E-state index contributed by atoms with van der Waals surface area (Å²) < 4.78 is 0.369. The number of aliphatic imine (C=N–C) groups is 1. The van der Waals surface area contributed by atoms with Gasteiger partial charge in [-0.15, -0.1) is 0 Å². The maximum Gasteiger partial charge on any atom is 0.0905 e. The third kappa shape index (κ3) is 0.847. The van der Waals surface area contributed by atoms with Gasteiger partial charge in [-0.1, -0.05) is 22.6 Å². The molecule has 0 aromatic carbocycles. The van der Waals surface area contributed by atoms with Crippen molar-refractivity contribution in [3.63, 3.8) is 0 Å². The summed E-state index contributed by atoms with van der Waals surface area (Å²) in [5.74, 6) is 0. The minimum atomic E-state index is 0.369. The van der Waals surface area contributed by atoms with Gasteiger partial charge < -0.3 is 0 Å². The summed E-state index contributed by atoms with van der Waals surface area (Å²) in [4.78, 5) is 8.39. The van der Waals surface area contributed by atoms with Gasteiger partial charge in [-0.25, -0.2) is 0 Å². The van der Waals surface area contributed by atoms with E-state index in [1.165, 1.54) is 0 Å². The van der Waals surface area contributed by atoms with Crippen molar-refractivity contribution in [1.29, 1.82) is 0 Å². The molecule has 2 rings (SSSR count).